The lowest BCUT2D eigenvalue weighted by atomic mass is 9.85. The second-order valence-electron chi connectivity index (χ2n) is 32.4. The smallest absolute Gasteiger partial charge is 0.349 e. The van der Waals surface area contributed by atoms with Crippen molar-refractivity contribution in [3.63, 3.8) is 0 Å². The number of halogens is 4. The van der Waals surface area contributed by atoms with Crippen LogP contribution in [0.3, 0.4) is 0 Å². The number of carbonyl (C=O) groups excluding carboxylic acids is 9. The van der Waals surface area contributed by atoms with Gasteiger partial charge >= 0.3 is 5.69 Å². The summed E-state index contributed by atoms with van der Waals surface area (Å²) >= 11 is 26.6. The zero-order valence-electron chi connectivity index (χ0n) is 70.3. The van der Waals surface area contributed by atoms with Gasteiger partial charge in [-0.1, -0.05) is 84.5 Å². The van der Waals surface area contributed by atoms with E-state index in [0.29, 0.717) is 23.6 Å². The van der Waals surface area contributed by atoms with Crippen LogP contribution >= 0.6 is 46.4 Å². The number of likely N-dealkylation sites (N-methyl/N-ethyl adjacent to an activating group) is 1. The minimum atomic E-state index is -2.40. The highest BCUT2D eigenvalue weighted by atomic mass is 35.5. The van der Waals surface area contributed by atoms with E-state index in [9.17, 15) is 69.9 Å². The maximum Gasteiger partial charge on any atom is 0.349 e. The third-order valence-corrected chi connectivity index (χ3v) is 23.5. The molecule has 1 aromatic heterocycles. The second-order valence-corrected chi connectivity index (χ2v) is 34.1. The van der Waals surface area contributed by atoms with Gasteiger partial charge in [0.1, 0.15) is 101 Å². The molecule has 0 spiro atoms. The number of ether oxygens (including phenoxy) is 6. The van der Waals surface area contributed by atoms with Crippen molar-refractivity contribution in [2.45, 2.75) is 176 Å². The van der Waals surface area contributed by atoms with E-state index in [4.69, 9.17) is 85.4 Å². The number of nitrogens with two attached hydrogens (primary N) is 1. The van der Waals surface area contributed by atoms with Crippen LogP contribution < -0.4 is 79.0 Å². The minimum Gasteiger partial charge on any atom is -0.508 e. The highest BCUT2D eigenvalue weighted by molar-refractivity contribution is 6.42. The van der Waals surface area contributed by atoms with E-state index in [1.165, 1.54) is 55.1 Å². The average Bonchev–Trinajstić information content (AvgIpc) is 0.767. The number of aliphatic hydroxyl groups is 6. The number of primary amides is 1. The Morgan fingerprint density at radius 3 is 2.01 bits per heavy atom. The number of nitrogens with one attached hydrogen (secondary N) is 10. The Morgan fingerprint density at radius 1 is 0.713 bits per heavy atom. The number of benzene rings is 6. The first-order valence-electron chi connectivity index (χ1n) is 40.8. The fourth-order valence-electron chi connectivity index (χ4n) is 15.4. The third kappa shape index (κ3) is 22.8. The van der Waals surface area contributed by atoms with Gasteiger partial charge in [-0.15, -0.1) is 0 Å². The Balaban J connectivity index is 0.995. The number of fused-ring (bicyclic) bond motifs is 15. The van der Waals surface area contributed by atoms with Crippen molar-refractivity contribution in [3.8, 4) is 57.1 Å². The third-order valence-electron chi connectivity index (χ3n) is 22.1. The molecule has 692 valence electrons. The van der Waals surface area contributed by atoms with Crippen LogP contribution in [0.15, 0.2) is 114 Å². The minimum absolute atomic E-state index is 0.0407. The van der Waals surface area contributed by atoms with E-state index < -0.39 is 254 Å². The van der Waals surface area contributed by atoms with E-state index in [2.05, 4.69) is 58.3 Å². The van der Waals surface area contributed by atoms with Crippen LogP contribution in [0.25, 0.3) is 11.1 Å². The van der Waals surface area contributed by atoms with Crippen LogP contribution in [0.2, 0.25) is 20.1 Å². The van der Waals surface area contributed by atoms with Crippen LogP contribution in [0, 0.1) is 5.92 Å². The van der Waals surface area contributed by atoms with Gasteiger partial charge in [0.05, 0.1) is 64.4 Å². The Labute approximate surface area is 756 Å². The Morgan fingerprint density at radius 2 is 1.37 bits per heavy atom. The van der Waals surface area contributed by atoms with Crippen LogP contribution in [-0.4, -0.2) is 240 Å². The molecule has 7 aromatic rings. The van der Waals surface area contributed by atoms with Gasteiger partial charge in [0.15, 0.2) is 23.9 Å². The molecule has 2 saturated heterocycles. The van der Waals surface area contributed by atoms with Crippen molar-refractivity contribution < 1.29 is 122 Å². The highest BCUT2D eigenvalue weighted by Crippen LogP contribution is 2.50. The van der Waals surface area contributed by atoms with Crippen molar-refractivity contribution in [2.75, 3.05) is 52.8 Å². The summed E-state index contributed by atoms with van der Waals surface area (Å²) in [5, 5.41) is 131. The monoisotopic (exact) mass is 1870 g/mol. The molecule has 0 saturated carbocycles. The van der Waals surface area contributed by atoms with Gasteiger partial charge in [-0.25, -0.2) is 10.3 Å². The zero-order chi connectivity index (χ0) is 93.5. The number of hydroxylamine groups is 1. The van der Waals surface area contributed by atoms with Crippen molar-refractivity contribution in [2.24, 2.45) is 11.7 Å². The van der Waals surface area contributed by atoms with E-state index in [-0.39, 0.29) is 78.2 Å². The number of phenols is 3. The summed E-state index contributed by atoms with van der Waals surface area (Å²) in [7, 11) is 5.05. The highest BCUT2D eigenvalue weighted by Gasteiger charge is 2.52. The summed E-state index contributed by atoms with van der Waals surface area (Å²) in [6.45, 7) is 5.99. The van der Waals surface area contributed by atoms with E-state index in [0.717, 1.165) is 66.7 Å². The van der Waals surface area contributed by atoms with Gasteiger partial charge in [0.25, 0.3) is 5.91 Å². The Hall–Kier alpha value is -11.1. The summed E-state index contributed by atoms with van der Waals surface area (Å²) in [4.78, 5) is 158. The molecule has 129 heavy (non-hydrogen) atoms. The molecule has 7 aliphatic rings. The molecular formula is C85H98Cl4N14O26. The molecule has 6 aromatic carbocycles. The SMILES string of the molecule is CN[C@H](CC(C)C)C(=O)N[C@H]1C(=O)N[C@@H](CC(N)=O)C(=O)N[C@H]2C(=O)N[C@H]3C(=O)N[C@H](C(=O)N[C@@H](C(=O)NOCCCN(C)C)c4cc(O)cc(O)c4-c4cc3ccc4O)[C@H](O)c3ccc(c(Cl)c3)Oc3cc2cc(c3O[C@@H]2O[C@H](CO)[C@@H](O)[C@H](O)[C@H]2O[C@H]2C[C@](C)(NCCn3ccc(NC(=O)Cc4ccc(Cl)c(Cl)c4)nc3=O)[C@H](O)[C@H](C)O2)Oc2ccc(cc2Cl)[C@H]1O. The Bertz CT molecular complexity index is 5470. The molecule has 44 heteroatoms. The predicted molar refractivity (Wildman–Crippen MR) is 460 cm³/mol. The van der Waals surface area contributed by atoms with Crippen LogP contribution in [0.1, 0.15) is 117 Å². The molecular weight excluding hydrogens is 1770 g/mol. The van der Waals surface area contributed by atoms with Crippen LogP contribution in [0.4, 0.5) is 5.82 Å². The molecule has 14 rings (SSSR count). The lowest BCUT2D eigenvalue weighted by molar-refractivity contribution is -0.334. The number of aliphatic hydroxyl groups excluding tert-OH is 6. The number of rotatable bonds is 25. The van der Waals surface area contributed by atoms with Gasteiger partial charge in [-0.3, -0.25) is 52.6 Å². The van der Waals surface area contributed by atoms with E-state index >= 15 is 24.0 Å². The normalized spacial score (nSPS) is 25.6. The van der Waals surface area contributed by atoms with Gasteiger partial charge in [-0.05, 0) is 166 Å². The molecule has 8 heterocycles. The lowest BCUT2D eigenvalue weighted by Crippen LogP contribution is -2.65. The molecule has 0 unspecified atom stereocenters. The maximum atomic E-state index is 16.4. The van der Waals surface area contributed by atoms with Gasteiger partial charge < -0.3 is 133 Å². The number of phenolic OH excluding ortho intramolecular Hbond substituents is 3. The number of anilines is 1. The lowest BCUT2D eigenvalue weighted by Gasteiger charge is -2.48. The topological polar surface area (TPSA) is 585 Å². The largest absolute Gasteiger partial charge is 0.508 e. The quantitative estimate of drug-likeness (QED) is 0.0288. The molecule has 11 bridgehead atoms. The summed E-state index contributed by atoms with van der Waals surface area (Å²) in [5.74, 6) is -16.0. The molecule has 9 amide bonds. The van der Waals surface area contributed by atoms with Crippen molar-refractivity contribution in [1.29, 1.82) is 0 Å². The molecule has 0 aliphatic carbocycles. The number of hydrogen-bond donors (Lipinski definition) is 20. The van der Waals surface area contributed by atoms with Gasteiger partial charge in [-0.2, -0.15) is 4.98 Å². The molecule has 2 fully saturated rings. The number of hydrogen-bond acceptors (Lipinski definition) is 30. The first-order valence-corrected chi connectivity index (χ1v) is 42.3. The van der Waals surface area contributed by atoms with Crippen LogP contribution in [-0.2, 0) is 75.2 Å². The first kappa shape index (κ1) is 96.9. The summed E-state index contributed by atoms with van der Waals surface area (Å²) in [5.41, 5.74) is 3.79. The number of nitrogens with zero attached hydrogens (tertiary/aromatic N) is 3. The predicted octanol–water partition coefficient (Wildman–Crippen LogP) is 2.40. The van der Waals surface area contributed by atoms with E-state index in [1.807, 2.05) is 18.7 Å². The maximum absolute atomic E-state index is 16.4. The molecule has 7 aliphatic heterocycles. The van der Waals surface area contributed by atoms with E-state index in [1.54, 1.807) is 27.1 Å². The van der Waals surface area contributed by atoms with Gasteiger partial charge in [0.2, 0.25) is 59.3 Å². The molecule has 21 N–H and O–H groups in total. The summed E-state index contributed by atoms with van der Waals surface area (Å²) in [6, 6.07) is 5.70. The standard InChI is InChI=1S/C85H98Cl4N14O26/c1-36(2)23-50(91-5)76(115)99-67-69(110)40-11-15-54(48(88)27-40)125-56-29-42-30-57(73(56)129-83-74(72(113)71(112)58(35-104)127-83)128-62-34-85(4,75(114)37(3)124-62)92-18-21-103-20-17-60(95-84(103)122)94-61(109)25-38-9-13-46(86)47(87)24-38)126-55-16-12-41(28-49(55)89)70(111)68-81(120)98-66(82(121)101-123-22-8-19-102(6)7)45-31-43(105)32-53(107)63(45)44-26-39(10-14-52(44)106)64(78(117)100-68)97-79(118)65(42)96-77(116)51(33-59(90)108)93-80(67)119/h9-17,20,24,26-32,36-37,50-51,58,62,64-72,74-75,83,91-92,104-107,110-114H,8,18-19,21-23,25,33-35H2,1-7H3,(H2,90,108)(H,93,119)(H,96,116)(H,97,118)(H,98,120)(H,99,115)(H,100,117)(H,101,121)(H,94,95,109,122)/t37-,50+,51-,58+,62-,64+,65+,66+,67+,68-,69+,70+,71+,72-,74+,75+,83-,85-/m0/s1. The van der Waals surface area contributed by atoms with Crippen molar-refractivity contribution >= 4 is 105 Å². The number of amides is 9. The van der Waals surface area contributed by atoms with Crippen molar-refractivity contribution in [3.05, 3.63) is 173 Å². The van der Waals surface area contributed by atoms with Gasteiger partial charge in [0, 0.05) is 48.4 Å². The number of aromatic hydroxyl groups is 3. The average molecular weight is 1870 g/mol. The van der Waals surface area contributed by atoms with Crippen molar-refractivity contribution in [1.82, 2.24) is 62.5 Å². The first-order chi connectivity index (χ1) is 61.2. The van der Waals surface area contributed by atoms with Crippen LogP contribution in [0.5, 0.6) is 46.0 Å². The molecule has 0 radical (unpaired) electrons. The second kappa shape index (κ2) is 41.7. The molecule has 18 atom stereocenters. The summed E-state index contributed by atoms with van der Waals surface area (Å²) in [6.07, 6.45) is -17.9. The fourth-order valence-corrected chi connectivity index (χ4v) is 16.2. The summed E-state index contributed by atoms with van der Waals surface area (Å²) < 4.78 is 40.7. The number of carbonyl (C=O) groups is 9. The fraction of sp³-hybridized carbons (Fsp3) is 0.424. The molecule has 40 nitrogen and oxygen atoms in total. The number of aromatic nitrogens is 2. The Kier molecular flexibility index (Phi) is 31.4. The zero-order valence-corrected chi connectivity index (χ0v) is 73.3.